The van der Waals surface area contributed by atoms with E-state index in [1.165, 1.54) is 14.2 Å². The molecule has 1 atom stereocenters. The van der Waals surface area contributed by atoms with E-state index in [1.807, 2.05) is 0 Å². The summed E-state index contributed by atoms with van der Waals surface area (Å²) in [6, 6.07) is -0.839. The van der Waals surface area contributed by atoms with E-state index >= 15 is 0 Å². The minimum atomic E-state index is -0.907. The van der Waals surface area contributed by atoms with Crippen molar-refractivity contribution < 1.29 is 28.6 Å². The Hall–Kier alpha value is -1.67. The molecular weight excluding hydrogens is 268 g/mol. The first-order valence-electron chi connectivity index (χ1n) is 6.30. The second-order valence-electron chi connectivity index (χ2n) is 3.80. The fourth-order valence-electron chi connectivity index (χ4n) is 1.31. The molecule has 0 bridgehead atoms. The van der Waals surface area contributed by atoms with Crippen molar-refractivity contribution in [3.05, 3.63) is 0 Å². The fourth-order valence-corrected chi connectivity index (χ4v) is 1.31. The highest BCUT2D eigenvalue weighted by atomic mass is 16.7. The van der Waals surface area contributed by atoms with E-state index in [0.29, 0.717) is 6.42 Å². The molecule has 0 aliphatic heterocycles. The van der Waals surface area contributed by atoms with Crippen LogP contribution in [-0.4, -0.2) is 57.5 Å². The van der Waals surface area contributed by atoms with Crippen molar-refractivity contribution in [1.29, 1.82) is 0 Å². The van der Waals surface area contributed by atoms with Crippen LogP contribution in [0.1, 0.15) is 20.3 Å². The van der Waals surface area contributed by atoms with Gasteiger partial charge < -0.3 is 24.8 Å². The zero-order valence-electron chi connectivity index (χ0n) is 12.2. The molecule has 0 rings (SSSR count). The van der Waals surface area contributed by atoms with Crippen molar-refractivity contribution >= 4 is 17.8 Å². The van der Waals surface area contributed by atoms with Crippen molar-refractivity contribution in [2.45, 2.75) is 32.6 Å². The lowest BCUT2D eigenvalue weighted by atomic mass is 10.2. The molecule has 0 spiro atoms. The highest BCUT2D eigenvalue weighted by molar-refractivity contribution is 6.35. The molecule has 20 heavy (non-hydrogen) atoms. The number of esters is 1. The number of nitrogens with one attached hydrogen (secondary N) is 2. The molecule has 0 aromatic carbocycles. The van der Waals surface area contributed by atoms with Crippen molar-refractivity contribution in [1.82, 2.24) is 10.6 Å². The van der Waals surface area contributed by atoms with Crippen molar-refractivity contribution in [2.75, 3.05) is 27.4 Å². The molecule has 0 heterocycles. The van der Waals surface area contributed by atoms with E-state index in [2.05, 4.69) is 10.6 Å². The molecule has 0 aromatic heterocycles. The average molecular weight is 290 g/mol. The van der Waals surface area contributed by atoms with Crippen molar-refractivity contribution in [2.24, 2.45) is 0 Å². The van der Waals surface area contributed by atoms with Crippen LogP contribution in [0, 0.1) is 0 Å². The average Bonchev–Trinajstić information content (AvgIpc) is 2.45. The minimum Gasteiger partial charge on any atom is -0.464 e. The summed E-state index contributed by atoms with van der Waals surface area (Å²) in [5.41, 5.74) is 0. The van der Waals surface area contributed by atoms with Gasteiger partial charge in [-0.25, -0.2) is 4.79 Å². The lowest BCUT2D eigenvalue weighted by Crippen LogP contribution is -2.49. The normalized spacial score (nSPS) is 11.8. The van der Waals surface area contributed by atoms with Gasteiger partial charge in [0.15, 0.2) is 6.29 Å². The standard InChI is InChI=1S/C12H22N2O6/c1-5-8(12(17)20-6-2)14-11(16)10(15)13-7-9(18-3)19-4/h8-9H,5-7H2,1-4H3,(H,13,15)(H,14,16)/t8-/m0/s1. The summed E-state index contributed by atoms with van der Waals surface area (Å²) in [4.78, 5) is 34.6. The first kappa shape index (κ1) is 18.3. The Balaban J connectivity index is 4.29. The van der Waals surface area contributed by atoms with Crippen LogP contribution in [0.2, 0.25) is 0 Å². The molecule has 0 radical (unpaired) electrons. The molecule has 0 aliphatic carbocycles. The van der Waals surface area contributed by atoms with Crippen LogP contribution in [0.4, 0.5) is 0 Å². The Morgan fingerprint density at radius 2 is 1.65 bits per heavy atom. The van der Waals surface area contributed by atoms with Gasteiger partial charge in [0.05, 0.1) is 13.2 Å². The third-order valence-electron chi connectivity index (χ3n) is 2.45. The number of methoxy groups -OCH3 is 2. The number of rotatable bonds is 8. The van der Waals surface area contributed by atoms with Crippen LogP contribution in [0.3, 0.4) is 0 Å². The molecule has 2 N–H and O–H groups in total. The monoisotopic (exact) mass is 290 g/mol. The third-order valence-corrected chi connectivity index (χ3v) is 2.45. The Kier molecular flexibility index (Phi) is 9.31. The second kappa shape index (κ2) is 10.2. The third kappa shape index (κ3) is 6.48. The van der Waals surface area contributed by atoms with Crippen LogP contribution >= 0.6 is 0 Å². The van der Waals surface area contributed by atoms with E-state index in [0.717, 1.165) is 0 Å². The number of carbonyl (C=O) groups is 3. The number of carbonyl (C=O) groups excluding carboxylic acids is 3. The Bertz CT molecular complexity index is 330. The number of ether oxygens (including phenoxy) is 3. The van der Waals surface area contributed by atoms with Gasteiger partial charge in [-0.3, -0.25) is 9.59 Å². The largest absolute Gasteiger partial charge is 0.464 e. The van der Waals surface area contributed by atoms with Crippen LogP contribution in [0.15, 0.2) is 0 Å². The Labute approximate surface area is 118 Å². The van der Waals surface area contributed by atoms with E-state index in [4.69, 9.17) is 14.2 Å². The molecule has 0 unspecified atom stereocenters. The highest BCUT2D eigenvalue weighted by Gasteiger charge is 2.24. The predicted molar refractivity (Wildman–Crippen MR) is 69.7 cm³/mol. The van der Waals surface area contributed by atoms with Crippen LogP contribution in [0.5, 0.6) is 0 Å². The van der Waals surface area contributed by atoms with Crippen molar-refractivity contribution in [3.63, 3.8) is 0 Å². The summed E-state index contributed by atoms with van der Waals surface area (Å²) in [6.45, 7) is 3.59. The fraction of sp³-hybridized carbons (Fsp3) is 0.750. The summed E-state index contributed by atoms with van der Waals surface area (Å²) < 4.78 is 14.5. The molecule has 0 aromatic rings. The molecule has 0 saturated heterocycles. The predicted octanol–water partition coefficient (Wildman–Crippen LogP) is -0.821. The maximum absolute atomic E-state index is 11.6. The summed E-state index contributed by atoms with van der Waals surface area (Å²) in [5, 5.41) is 4.64. The highest BCUT2D eigenvalue weighted by Crippen LogP contribution is 1.95. The number of amides is 2. The van der Waals surface area contributed by atoms with Gasteiger partial charge in [-0.2, -0.15) is 0 Å². The molecule has 0 fully saturated rings. The Morgan fingerprint density at radius 1 is 1.05 bits per heavy atom. The summed E-state index contributed by atoms with van der Waals surface area (Å²) in [5.74, 6) is -2.34. The molecular formula is C12H22N2O6. The molecule has 0 aliphatic rings. The van der Waals surface area contributed by atoms with Crippen molar-refractivity contribution in [3.8, 4) is 0 Å². The minimum absolute atomic E-state index is 0.0233. The van der Waals surface area contributed by atoms with Gasteiger partial charge in [0, 0.05) is 14.2 Å². The smallest absolute Gasteiger partial charge is 0.328 e. The first-order chi connectivity index (χ1) is 9.49. The van der Waals surface area contributed by atoms with Crippen LogP contribution < -0.4 is 10.6 Å². The van der Waals surface area contributed by atoms with Gasteiger partial charge in [-0.1, -0.05) is 6.92 Å². The molecule has 116 valence electrons. The van der Waals surface area contributed by atoms with Gasteiger partial charge in [0.1, 0.15) is 6.04 Å². The second-order valence-corrected chi connectivity index (χ2v) is 3.80. The summed E-state index contributed by atoms with van der Waals surface area (Å²) >= 11 is 0. The van der Waals surface area contributed by atoms with Crippen LogP contribution in [0.25, 0.3) is 0 Å². The number of hydrogen-bond acceptors (Lipinski definition) is 6. The summed E-state index contributed by atoms with van der Waals surface area (Å²) in [7, 11) is 2.82. The Morgan fingerprint density at radius 3 is 2.10 bits per heavy atom. The molecule has 2 amide bonds. The summed E-state index contributed by atoms with van der Waals surface area (Å²) in [6.07, 6.45) is -0.310. The molecule has 8 heteroatoms. The lowest BCUT2D eigenvalue weighted by Gasteiger charge is -2.16. The quantitative estimate of drug-likeness (QED) is 0.344. The van der Waals surface area contributed by atoms with E-state index in [1.54, 1.807) is 13.8 Å². The molecule has 0 saturated carbocycles. The number of hydrogen-bond donors (Lipinski definition) is 2. The van der Waals surface area contributed by atoms with E-state index in [9.17, 15) is 14.4 Å². The topological polar surface area (TPSA) is 103 Å². The maximum atomic E-state index is 11.6. The van der Waals surface area contributed by atoms with Gasteiger partial charge >= 0.3 is 17.8 Å². The zero-order valence-corrected chi connectivity index (χ0v) is 12.2. The zero-order chi connectivity index (χ0) is 15.5. The van der Waals surface area contributed by atoms with E-state index < -0.39 is 30.1 Å². The molecule has 8 nitrogen and oxygen atoms in total. The van der Waals surface area contributed by atoms with E-state index in [-0.39, 0.29) is 13.2 Å². The lowest BCUT2D eigenvalue weighted by molar-refractivity contribution is -0.149. The van der Waals surface area contributed by atoms with Crippen LogP contribution in [-0.2, 0) is 28.6 Å². The van der Waals surface area contributed by atoms with Gasteiger partial charge in [-0.05, 0) is 13.3 Å². The van der Waals surface area contributed by atoms with Gasteiger partial charge in [-0.15, -0.1) is 0 Å². The van der Waals surface area contributed by atoms with Gasteiger partial charge in [0.2, 0.25) is 0 Å². The maximum Gasteiger partial charge on any atom is 0.328 e. The van der Waals surface area contributed by atoms with Gasteiger partial charge in [0.25, 0.3) is 0 Å². The first-order valence-corrected chi connectivity index (χ1v) is 6.30. The SMILES string of the molecule is CCOC(=O)[C@H](CC)NC(=O)C(=O)NCC(OC)OC.